The highest BCUT2D eigenvalue weighted by Gasteiger charge is 2.26. The first-order valence-electron chi connectivity index (χ1n) is 8.63. The van der Waals surface area contributed by atoms with Crippen LogP contribution in [-0.4, -0.2) is 38.7 Å². The number of allylic oxidation sites excluding steroid dienone is 2. The summed E-state index contributed by atoms with van der Waals surface area (Å²) < 4.78 is 39.9. The van der Waals surface area contributed by atoms with Crippen molar-refractivity contribution in [2.24, 2.45) is 0 Å². The summed E-state index contributed by atoms with van der Waals surface area (Å²) in [7, 11) is -2.22. The number of carbonyl (C=O) groups excluding carboxylic acids is 2. The van der Waals surface area contributed by atoms with Gasteiger partial charge in [0.2, 0.25) is 0 Å². The second kappa shape index (κ2) is 8.48. The SMILES string of the molecule is COCc1cc(-c2c(S(C)(=O)=O)ccc(C(=O)OC3=CC(=O)CCC3)c2Cl)no1. The van der Waals surface area contributed by atoms with Crippen LogP contribution in [-0.2, 0) is 30.7 Å². The van der Waals surface area contributed by atoms with E-state index in [2.05, 4.69) is 5.16 Å². The molecule has 1 aliphatic rings. The number of ketones is 1. The second-order valence-corrected chi connectivity index (χ2v) is 8.87. The molecule has 1 aromatic heterocycles. The molecule has 0 fully saturated rings. The molecule has 0 unspecified atom stereocenters. The third-order valence-electron chi connectivity index (χ3n) is 4.22. The predicted molar refractivity (Wildman–Crippen MR) is 103 cm³/mol. The predicted octanol–water partition coefficient (Wildman–Crippen LogP) is 3.34. The van der Waals surface area contributed by atoms with E-state index in [4.69, 9.17) is 25.6 Å². The number of halogens is 1. The molecule has 0 N–H and O–H groups in total. The minimum atomic E-state index is -3.69. The first kappa shape index (κ1) is 21.2. The van der Waals surface area contributed by atoms with Gasteiger partial charge in [0.25, 0.3) is 0 Å². The van der Waals surface area contributed by atoms with Gasteiger partial charge < -0.3 is 14.0 Å². The van der Waals surface area contributed by atoms with Crippen LogP contribution in [0.5, 0.6) is 0 Å². The van der Waals surface area contributed by atoms with E-state index in [0.29, 0.717) is 25.0 Å². The maximum atomic E-state index is 12.6. The van der Waals surface area contributed by atoms with E-state index in [9.17, 15) is 18.0 Å². The Morgan fingerprint density at radius 1 is 1.31 bits per heavy atom. The Morgan fingerprint density at radius 3 is 2.72 bits per heavy atom. The zero-order chi connectivity index (χ0) is 21.2. The number of hydrogen-bond donors (Lipinski definition) is 0. The monoisotopic (exact) mass is 439 g/mol. The van der Waals surface area contributed by atoms with Crippen molar-refractivity contribution in [1.29, 1.82) is 0 Å². The Balaban J connectivity index is 2.06. The van der Waals surface area contributed by atoms with Crippen molar-refractivity contribution < 1.29 is 32.0 Å². The molecule has 154 valence electrons. The Kier molecular flexibility index (Phi) is 6.21. The number of benzene rings is 1. The summed E-state index contributed by atoms with van der Waals surface area (Å²) in [6.45, 7) is 0.128. The molecule has 10 heteroatoms. The Labute approximate surface area is 172 Å². The van der Waals surface area contributed by atoms with E-state index < -0.39 is 15.8 Å². The molecule has 0 saturated heterocycles. The van der Waals surface area contributed by atoms with E-state index in [1.165, 1.54) is 31.4 Å². The fourth-order valence-electron chi connectivity index (χ4n) is 2.92. The molecule has 0 spiro atoms. The van der Waals surface area contributed by atoms with Crippen LogP contribution in [0.15, 0.2) is 39.5 Å². The normalized spacial score (nSPS) is 14.6. The van der Waals surface area contributed by atoms with Gasteiger partial charge in [-0.15, -0.1) is 0 Å². The van der Waals surface area contributed by atoms with Crippen LogP contribution >= 0.6 is 11.6 Å². The van der Waals surface area contributed by atoms with Crippen LogP contribution in [0.1, 0.15) is 35.4 Å². The molecular formula is C19H18ClNO7S. The molecule has 1 aliphatic carbocycles. The molecule has 2 aromatic rings. The van der Waals surface area contributed by atoms with Gasteiger partial charge in [0, 0.05) is 43.9 Å². The van der Waals surface area contributed by atoms with Crippen LogP contribution in [0.25, 0.3) is 11.3 Å². The summed E-state index contributed by atoms with van der Waals surface area (Å²) in [6.07, 6.45) is 3.76. The second-order valence-electron chi connectivity index (χ2n) is 6.50. The molecule has 0 saturated carbocycles. The summed E-state index contributed by atoms with van der Waals surface area (Å²) in [5, 5.41) is 3.71. The number of methoxy groups -OCH3 is 1. The number of sulfone groups is 1. The van der Waals surface area contributed by atoms with Gasteiger partial charge in [-0.25, -0.2) is 13.2 Å². The molecule has 0 radical (unpaired) electrons. The summed E-state index contributed by atoms with van der Waals surface area (Å²) in [5.74, 6) is -0.305. The molecule has 1 heterocycles. The lowest BCUT2D eigenvalue weighted by Crippen LogP contribution is -2.12. The number of hydrogen-bond acceptors (Lipinski definition) is 8. The molecular weight excluding hydrogens is 422 g/mol. The topological polar surface area (TPSA) is 113 Å². The fourth-order valence-corrected chi connectivity index (χ4v) is 4.21. The third kappa shape index (κ3) is 4.75. The van der Waals surface area contributed by atoms with E-state index in [-0.39, 0.29) is 44.9 Å². The molecule has 1 aromatic carbocycles. The van der Waals surface area contributed by atoms with E-state index in [1.807, 2.05) is 0 Å². The standard InChI is InChI=1S/C19H18ClNO7S/c1-26-10-13-9-15(21-28-13)17-16(29(2,24)25)7-6-14(18(17)20)19(23)27-12-5-3-4-11(22)8-12/h6-9H,3-5,10H2,1-2H3. The largest absolute Gasteiger partial charge is 0.427 e. The molecule has 0 atom stereocenters. The van der Waals surface area contributed by atoms with E-state index >= 15 is 0 Å². The van der Waals surface area contributed by atoms with Crippen LogP contribution < -0.4 is 0 Å². The lowest BCUT2D eigenvalue weighted by molar-refractivity contribution is -0.115. The lowest BCUT2D eigenvalue weighted by Gasteiger charge is -2.14. The maximum Gasteiger partial charge on any atom is 0.344 e. The zero-order valence-corrected chi connectivity index (χ0v) is 17.3. The first-order valence-corrected chi connectivity index (χ1v) is 10.9. The van der Waals surface area contributed by atoms with Gasteiger partial charge in [0.15, 0.2) is 21.4 Å². The van der Waals surface area contributed by atoms with Crippen molar-refractivity contribution in [2.75, 3.05) is 13.4 Å². The van der Waals surface area contributed by atoms with Gasteiger partial charge in [-0.2, -0.15) is 0 Å². The highest BCUT2D eigenvalue weighted by Crippen LogP contribution is 2.37. The highest BCUT2D eigenvalue weighted by atomic mass is 35.5. The summed E-state index contributed by atoms with van der Waals surface area (Å²) in [6, 6.07) is 4.01. The fraction of sp³-hybridized carbons (Fsp3) is 0.316. The van der Waals surface area contributed by atoms with Crippen molar-refractivity contribution >= 4 is 33.2 Å². The molecule has 0 aliphatic heterocycles. The van der Waals surface area contributed by atoms with Crippen molar-refractivity contribution in [3.63, 3.8) is 0 Å². The van der Waals surface area contributed by atoms with Crippen LogP contribution in [0.2, 0.25) is 5.02 Å². The summed E-state index contributed by atoms with van der Waals surface area (Å²) in [4.78, 5) is 24.0. The Hall–Kier alpha value is -2.49. The van der Waals surface area contributed by atoms with Crippen molar-refractivity contribution in [1.82, 2.24) is 5.16 Å². The van der Waals surface area contributed by atoms with Crippen molar-refractivity contribution in [2.45, 2.75) is 30.8 Å². The zero-order valence-electron chi connectivity index (χ0n) is 15.7. The molecule has 0 bridgehead atoms. The molecule has 8 nitrogen and oxygen atoms in total. The minimum absolute atomic E-state index is 0.0309. The molecule has 0 amide bonds. The number of aromatic nitrogens is 1. The number of rotatable bonds is 6. The van der Waals surface area contributed by atoms with Gasteiger partial charge in [-0.05, 0) is 18.6 Å². The van der Waals surface area contributed by atoms with Gasteiger partial charge >= 0.3 is 5.97 Å². The van der Waals surface area contributed by atoms with Crippen molar-refractivity contribution in [3.8, 4) is 11.3 Å². The minimum Gasteiger partial charge on any atom is -0.427 e. The maximum absolute atomic E-state index is 12.6. The number of carbonyl (C=O) groups is 2. The Bertz CT molecular complexity index is 1100. The van der Waals surface area contributed by atoms with Crippen LogP contribution in [0.3, 0.4) is 0 Å². The number of nitrogens with zero attached hydrogens (tertiary/aromatic N) is 1. The average Bonchev–Trinajstić information content (AvgIpc) is 3.09. The van der Waals surface area contributed by atoms with Gasteiger partial charge in [-0.3, -0.25) is 4.79 Å². The van der Waals surface area contributed by atoms with Gasteiger partial charge in [-0.1, -0.05) is 16.8 Å². The van der Waals surface area contributed by atoms with E-state index in [1.54, 1.807) is 0 Å². The summed E-state index contributed by atoms with van der Waals surface area (Å²) >= 11 is 6.42. The average molecular weight is 440 g/mol. The first-order chi connectivity index (χ1) is 13.7. The van der Waals surface area contributed by atoms with E-state index in [0.717, 1.165) is 6.26 Å². The number of ether oxygens (including phenoxy) is 2. The third-order valence-corrected chi connectivity index (χ3v) is 5.75. The quantitative estimate of drug-likeness (QED) is 0.630. The Morgan fingerprint density at radius 2 is 2.07 bits per heavy atom. The van der Waals surface area contributed by atoms with Crippen LogP contribution in [0, 0.1) is 0 Å². The molecule has 29 heavy (non-hydrogen) atoms. The highest BCUT2D eigenvalue weighted by molar-refractivity contribution is 7.90. The smallest absolute Gasteiger partial charge is 0.344 e. The lowest BCUT2D eigenvalue weighted by atomic mass is 10.0. The summed E-state index contributed by atoms with van der Waals surface area (Å²) in [5.41, 5.74) is 0.122. The van der Waals surface area contributed by atoms with Crippen LogP contribution in [0.4, 0.5) is 0 Å². The van der Waals surface area contributed by atoms with Gasteiger partial charge in [0.05, 0.1) is 15.5 Å². The van der Waals surface area contributed by atoms with Gasteiger partial charge in [0.1, 0.15) is 18.1 Å². The van der Waals surface area contributed by atoms with Crippen molar-refractivity contribution in [3.05, 3.63) is 46.4 Å². The number of esters is 1. The molecule has 3 rings (SSSR count).